The molecule has 32 heavy (non-hydrogen) atoms. The molecule has 2 fully saturated rings. The summed E-state index contributed by atoms with van der Waals surface area (Å²) in [6.07, 6.45) is 5.60. The molecule has 6 nitrogen and oxygen atoms in total. The zero-order chi connectivity index (χ0) is 22.1. The summed E-state index contributed by atoms with van der Waals surface area (Å²) in [5, 5.41) is 1.18. The minimum absolute atomic E-state index is 0.0741. The lowest BCUT2D eigenvalue weighted by molar-refractivity contribution is -0.122. The van der Waals surface area contributed by atoms with Crippen LogP contribution >= 0.6 is 23.4 Å². The Morgan fingerprint density at radius 1 is 1.09 bits per heavy atom. The number of benzene rings is 2. The van der Waals surface area contributed by atoms with Gasteiger partial charge in [-0.1, -0.05) is 11.6 Å². The second-order valence-electron chi connectivity index (χ2n) is 7.85. The van der Waals surface area contributed by atoms with E-state index in [4.69, 9.17) is 26.1 Å². The van der Waals surface area contributed by atoms with Gasteiger partial charge in [-0.3, -0.25) is 9.69 Å². The van der Waals surface area contributed by atoms with Crippen LogP contribution in [-0.2, 0) is 4.79 Å². The maximum absolute atomic E-state index is 13.0. The summed E-state index contributed by atoms with van der Waals surface area (Å²) < 4.78 is 10.8. The fraction of sp³-hybridized carbons (Fsp3) is 0.333. The summed E-state index contributed by atoms with van der Waals surface area (Å²) in [6.45, 7) is 4.89. The third kappa shape index (κ3) is 4.19. The van der Waals surface area contributed by atoms with Crippen molar-refractivity contribution in [3.8, 4) is 11.5 Å². The Labute approximate surface area is 196 Å². The van der Waals surface area contributed by atoms with Gasteiger partial charge in [0.05, 0.1) is 15.6 Å². The standard InChI is InChI=1S/C24H24ClN3O3S/c1-2-28-23(29)22(13-16-12-20-21(14-19(16)25)31-15-30-20)32-24(28)26-17-6-8-18(9-7-17)27-10-4-3-5-11-27/h6-9,12-14H,2-5,10-11,15H2,1H3/b22-13-,26-24?. The van der Waals surface area contributed by atoms with E-state index in [-0.39, 0.29) is 12.7 Å². The smallest absolute Gasteiger partial charge is 0.266 e. The minimum atomic E-state index is -0.0741. The topological polar surface area (TPSA) is 54.4 Å². The van der Waals surface area contributed by atoms with Gasteiger partial charge in [-0.05, 0) is 79.9 Å². The first kappa shape index (κ1) is 21.2. The Morgan fingerprint density at radius 2 is 1.81 bits per heavy atom. The molecule has 0 spiro atoms. The van der Waals surface area contributed by atoms with Crippen molar-refractivity contribution in [2.24, 2.45) is 4.99 Å². The highest BCUT2D eigenvalue weighted by Crippen LogP contribution is 2.40. The van der Waals surface area contributed by atoms with Crippen molar-refractivity contribution >= 4 is 51.9 Å². The molecular formula is C24H24ClN3O3S. The van der Waals surface area contributed by atoms with Crippen LogP contribution in [0.15, 0.2) is 46.3 Å². The van der Waals surface area contributed by atoms with Gasteiger partial charge in [0.15, 0.2) is 16.7 Å². The average Bonchev–Trinajstić information content (AvgIpc) is 3.38. The predicted molar refractivity (Wildman–Crippen MR) is 130 cm³/mol. The number of amides is 1. The van der Waals surface area contributed by atoms with Crippen LogP contribution in [0.5, 0.6) is 11.5 Å². The second kappa shape index (κ2) is 9.08. The first-order valence-corrected chi connectivity index (χ1v) is 12.1. The van der Waals surface area contributed by atoms with E-state index in [2.05, 4.69) is 17.0 Å². The lowest BCUT2D eigenvalue weighted by Crippen LogP contribution is -2.29. The molecule has 0 aliphatic carbocycles. The average molecular weight is 470 g/mol. The van der Waals surface area contributed by atoms with Gasteiger partial charge in [0.2, 0.25) is 6.79 Å². The first-order valence-electron chi connectivity index (χ1n) is 10.9. The van der Waals surface area contributed by atoms with Crippen LogP contribution in [0.25, 0.3) is 6.08 Å². The number of fused-ring (bicyclic) bond motifs is 1. The van der Waals surface area contributed by atoms with Crippen LogP contribution in [0.4, 0.5) is 11.4 Å². The molecule has 0 atom stereocenters. The molecule has 3 aliphatic rings. The number of rotatable bonds is 4. The van der Waals surface area contributed by atoms with Gasteiger partial charge >= 0.3 is 0 Å². The zero-order valence-electron chi connectivity index (χ0n) is 17.8. The summed E-state index contributed by atoms with van der Waals surface area (Å²) in [7, 11) is 0. The molecule has 0 saturated carbocycles. The number of amidine groups is 1. The lowest BCUT2D eigenvalue weighted by atomic mass is 10.1. The SMILES string of the molecule is CCN1C(=O)/C(=C/c2cc3c(cc2Cl)OCO3)SC1=Nc1ccc(N2CCCCC2)cc1. The van der Waals surface area contributed by atoms with E-state index in [1.807, 2.05) is 19.1 Å². The predicted octanol–water partition coefficient (Wildman–Crippen LogP) is 5.68. The molecule has 0 unspecified atom stereocenters. The molecule has 2 aromatic rings. The van der Waals surface area contributed by atoms with E-state index in [0.717, 1.165) is 24.3 Å². The van der Waals surface area contributed by atoms with E-state index < -0.39 is 0 Å². The number of aliphatic imine (C=N–C) groups is 1. The van der Waals surface area contributed by atoms with Gasteiger partial charge in [-0.2, -0.15) is 0 Å². The van der Waals surface area contributed by atoms with Gasteiger partial charge in [0, 0.05) is 31.4 Å². The quantitative estimate of drug-likeness (QED) is 0.539. The molecule has 3 heterocycles. The largest absolute Gasteiger partial charge is 0.454 e. The van der Waals surface area contributed by atoms with Gasteiger partial charge in [-0.15, -0.1) is 0 Å². The summed E-state index contributed by atoms with van der Waals surface area (Å²) in [4.78, 5) is 22.5. The van der Waals surface area contributed by atoms with Crippen LogP contribution in [0, 0.1) is 0 Å². The molecule has 0 radical (unpaired) electrons. The number of hydrogen-bond donors (Lipinski definition) is 0. The van der Waals surface area contributed by atoms with E-state index in [1.54, 1.807) is 23.1 Å². The number of carbonyl (C=O) groups is 1. The molecule has 0 bridgehead atoms. The highest BCUT2D eigenvalue weighted by Gasteiger charge is 2.32. The van der Waals surface area contributed by atoms with E-state index in [1.165, 1.54) is 36.7 Å². The van der Waals surface area contributed by atoms with Gasteiger partial charge in [-0.25, -0.2) is 4.99 Å². The number of halogens is 1. The van der Waals surface area contributed by atoms with Crippen molar-refractivity contribution in [2.75, 3.05) is 31.3 Å². The highest BCUT2D eigenvalue weighted by atomic mass is 35.5. The number of anilines is 1. The van der Waals surface area contributed by atoms with E-state index in [0.29, 0.717) is 33.1 Å². The summed E-state index contributed by atoms with van der Waals surface area (Å²) in [5.74, 6) is 1.18. The van der Waals surface area contributed by atoms with Crippen molar-refractivity contribution in [3.63, 3.8) is 0 Å². The molecule has 8 heteroatoms. The molecule has 2 aromatic carbocycles. The maximum Gasteiger partial charge on any atom is 0.266 e. The van der Waals surface area contributed by atoms with Crippen molar-refractivity contribution < 1.29 is 14.3 Å². The Hall–Kier alpha value is -2.64. The number of piperidine rings is 1. The van der Waals surface area contributed by atoms with E-state index >= 15 is 0 Å². The highest BCUT2D eigenvalue weighted by molar-refractivity contribution is 8.18. The summed E-state index contributed by atoms with van der Waals surface area (Å²) in [5.41, 5.74) is 2.78. The van der Waals surface area contributed by atoms with Crippen molar-refractivity contribution in [3.05, 3.63) is 51.9 Å². The Morgan fingerprint density at radius 3 is 2.53 bits per heavy atom. The summed E-state index contributed by atoms with van der Waals surface area (Å²) in [6, 6.07) is 11.8. The number of carbonyl (C=O) groups excluding carboxylic acids is 1. The van der Waals surface area contributed by atoms with Crippen LogP contribution in [0.3, 0.4) is 0 Å². The van der Waals surface area contributed by atoms with Crippen LogP contribution in [0.1, 0.15) is 31.7 Å². The third-order valence-corrected chi connectivity index (χ3v) is 7.11. The molecule has 2 saturated heterocycles. The summed E-state index contributed by atoms with van der Waals surface area (Å²) >= 11 is 7.76. The van der Waals surface area contributed by atoms with Gasteiger partial charge in [0.1, 0.15) is 0 Å². The van der Waals surface area contributed by atoms with Crippen molar-refractivity contribution in [1.82, 2.24) is 4.90 Å². The number of nitrogens with zero attached hydrogens (tertiary/aromatic N) is 3. The number of likely N-dealkylation sites (N-methyl/N-ethyl adjacent to an activating group) is 1. The molecule has 5 rings (SSSR count). The normalized spacial score (nSPS) is 20.6. The van der Waals surface area contributed by atoms with Crippen molar-refractivity contribution in [2.45, 2.75) is 26.2 Å². The van der Waals surface area contributed by atoms with Crippen LogP contribution < -0.4 is 14.4 Å². The number of ether oxygens (including phenoxy) is 2. The number of hydrogen-bond acceptors (Lipinski definition) is 6. The fourth-order valence-electron chi connectivity index (χ4n) is 4.06. The molecular weight excluding hydrogens is 446 g/mol. The molecule has 0 aromatic heterocycles. The maximum atomic E-state index is 13.0. The Kier molecular flexibility index (Phi) is 6.02. The fourth-order valence-corrected chi connectivity index (χ4v) is 5.32. The molecule has 1 amide bonds. The lowest BCUT2D eigenvalue weighted by Gasteiger charge is -2.28. The van der Waals surface area contributed by atoms with Crippen LogP contribution in [0.2, 0.25) is 5.02 Å². The molecule has 3 aliphatic heterocycles. The van der Waals surface area contributed by atoms with E-state index in [9.17, 15) is 4.79 Å². The zero-order valence-corrected chi connectivity index (χ0v) is 19.4. The second-order valence-corrected chi connectivity index (χ2v) is 9.26. The monoisotopic (exact) mass is 469 g/mol. The third-order valence-electron chi connectivity index (χ3n) is 5.78. The molecule has 166 valence electrons. The van der Waals surface area contributed by atoms with Crippen molar-refractivity contribution in [1.29, 1.82) is 0 Å². The minimum Gasteiger partial charge on any atom is -0.454 e. The van der Waals surface area contributed by atoms with Gasteiger partial charge in [0.25, 0.3) is 5.91 Å². The Bertz CT molecular complexity index is 1090. The Balaban J connectivity index is 1.39. The van der Waals surface area contributed by atoms with Crippen LogP contribution in [-0.4, -0.2) is 42.4 Å². The molecule has 0 N–H and O–H groups in total. The van der Waals surface area contributed by atoms with Gasteiger partial charge < -0.3 is 14.4 Å². The first-order chi connectivity index (χ1) is 15.6. The number of thioether (sulfide) groups is 1.